The zero-order valence-electron chi connectivity index (χ0n) is 10.6. The Hall–Kier alpha value is -1.04. The van der Waals surface area contributed by atoms with Gasteiger partial charge in [-0.05, 0) is 25.7 Å². The monoisotopic (exact) mass is 271 g/mol. The van der Waals surface area contributed by atoms with E-state index < -0.39 is 11.7 Å². The summed E-state index contributed by atoms with van der Waals surface area (Å²) in [5.74, 6) is 0.953. The van der Waals surface area contributed by atoms with Crippen LogP contribution < -0.4 is 5.32 Å². The van der Waals surface area contributed by atoms with Crippen LogP contribution in [0.3, 0.4) is 0 Å². The van der Waals surface area contributed by atoms with Gasteiger partial charge in [-0.15, -0.1) is 0 Å². The van der Waals surface area contributed by atoms with Gasteiger partial charge in [0.15, 0.2) is 0 Å². The Morgan fingerprint density at radius 1 is 1.26 bits per heavy atom. The molecule has 1 N–H and O–H groups in total. The molecule has 2 aliphatic carbocycles. The van der Waals surface area contributed by atoms with Gasteiger partial charge in [-0.2, -0.15) is 13.2 Å². The van der Waals surface area contributed by atoms with Crippen molar-refractivity contribution in [3.63, 3.8) is 0 Å². The number of nitrogens with zero attached hydrogens (tertiary/aromatic N) is 2. The second-order valence-electron chi connectivity index (χ2n) is 5.93. The average Bonchev–Trinajstić information content (AvgIpc) is 3.24. The molecule has 0 unspecified atom stereocenters. The van der Waals surface area contributed by atoms with Crippen LogP contribution >= 0.6 is 0 Å². The van der Waals surface area contributed by atoms with Crippen LogP contribution in [0, 0.1) is 0 Å². The van der Waals surface area contributed by atoms with Crippen molar-refractivity contribution in [2.75, 3.05) is 6.54 Å². The van der Waals surface area contributed by atoms with Crippen LogP contribution in [-0.4, -0.2) is 22.3 Å². The summed E-state index contributed by atoms with van der Waals surface area (Å²) in [6.07, 6.45) is -1.10. The molecular formula is C13H16F3N3. The van der Waals surface area contributed by atoms with Crippen LogP contribution in [0.1, 0.15) is 48.8 Å². The Morgan fingerprint density at radius 2 is 2.00 bits per heavy atom. The third-order valence-electron chi connectivity index (χ3n) is 4.53. The molecule has 2 heterocycles. The second kappa shape index (κ2) is 3.53. The molecule has 3 aliphatic rings. The fourth-order valence-electron chi connectivity index (χ4n) is 3.18. The van der Waals surface area contributed by atoms with Crippen LogP contribution in [0.2, 0.25) is 0 Å². The van der Waals surface area contributed by atoms with Gasteiger partial charge >= 0.3 is 6.18 Å². The Labute approximate surface area is 109 Å². The lowest BCUT2D eigenvalue weighted by atomic mass is 10.1. The molecule has 0 bridgehead atoms. The zero-order chi connectivity index (χ0) is 13.3. The predicted molar refractivity (Wildman–Crippen MR) is 62.9 cm³/mol. The van der Waals surface area contributed by atoms with Gasteiger partial charge in [0.25, 0.3) is 0 Å². The first-order valence-electron chi connectivity index (χ1n) is 6.91. The van der Waals surface area contributed by atoms with Crippen LogP contribution in [-0.2, 0) is 18.5 Å². The molecule has 2 fully saturated rings. The highest BCUT2D eigenvalue weighted by atomic mass is 19.4. The minimum absolute atomic E-state index is 0.215. The van der Waals surface area contributed by atoms with Gasteiger partial charge in [-0.3, -0.25) is 0 Å². The fourth-order valence-corrected chi connectivity index (χ4v) is 3.18. The standard InChI is InChI=1S/C13H16F3N3/c14-13(15,16)12(4-5-12)19-10-3-6-17-7-9(10)18-11(19)8-1-2-8/h8,17H,1-7H2. The quantitative estimate of drug-likeness (QED) is 0.895. The highest BCUT2D eigenvalue weighted by Gasteiger charge is 2.66. The number of aromatic nitrogens is 2. The highest BCUT2D eigenvalue weighted by molar-refractivity contribution is 5.29. The molecular weight excluding hydrogens is 255 g/mol. The van der Waals surface area contributed by atoms with Gasteiger partial charge in [0.05, 0.1) is 5.69 Å². The summed E-state index contributed by atoms with van der Waals surface area (Å²) in [6, 6.07) is 0. The van der Waals surface area contributed by atoms with Crippen molar-refractivity contribution in [3.8, 4) is 0 Å². The Morgan fingerprint density at radius 3 is 2.58 bits per heavy atom. The molecule has 0 aromatic carbocycles. The molecule has 1 aromatic rings. The molecule has 0 radical (unpaired) electrons. The van der Waals surface area contributed by atoms with Crippen molar-refractivity contribution in [2.24, 2.45) is 0 Å². The van der Waals surface area contributed by atoms with Gasteiger partial charge in [0.2, 0.25) is 0 Å². The highest BCUT2D eigenvalue weighted by Crippen LogP contribution is 2.58. The Balaban J connectivity index is 1.88. The molecule has 0 atom stereocenters. The third kappa shape index (κ3) is 1.58. The number of hydrogen-bond donors (Lipinski definition) is 1. The Kier molecular flexibility index (Phi) is 2.19. The van der Waals surface area contributed by atoms with Crippen molar-refractivity contribution in [2.45, 2.75) is 56.3 Å². The SMILES string of the molecule is FC(F)(F)C1(n2c(C3CC3)nc3c2CCNC3)CC1. The van der Waals surface area contributed by atoms with E-state index in [-0.39, 0.29) is 18.8 Å². The summed E-state index contributed by atoms with van der Waals surface area (Å²) in [5.41, 5.74) is 0.0298. The van der Waals surface area contributed by atoms with Gasteiger partial charge in [0.1, 0.15) is 11.4 Å². The van der Waals surface area contributed by atoms with E-state index in [0.29, 0.717) is 18.8 Å². The topological polar surface area (TPSA) is 29.9 Å². The molecule has 1 aliphatic heterocycles. The first-order chi connectivity index (χ1) is 9.03. The number of halogens is 3. The molecule has 0 amide bonds. The molecule has 1 aromatic heterocycles. The van der Waals surface area contributed by atoms with Crippen molar-refractivity contribution in [1.29, 1.82) is 0 Å². The van der Waals surface area contributed by atoms with E-state index in [2.05, 4.69) is 10.3 Å². The largest absolute Gasteiger partial charge is 0.411 e. The van der Waals surface area contributed by atoms with Crippen molar-refractivity contribution >= 4 is 0 Å². The fraction of sp³-hybridized carbons (Fsp3) is 0.769. The van der Waals surface area contributed by atoms with Crippen molar-refractivity contribution < 1.29 is 13.2 Å². The molecule has 104 valence electrons. The number of alkyl halides is 3. The summed E-state index contributed by atoms with van der Waals surface area (Å²) in [6.45, 7) is 1.35. The lowest BCUT2D eigenvalue weighted by Crippen LogP contribution is -2.38. The summed E-state index contributed by atoms with van der Waals surface area (Å²) < 4.78 is 41.9. The maximum atomic E-state index is 13.4. The molecule has 3 nitrogen and oxygen atoms in total. The van der Waals surface area contributed by atoms with Crippen molar-refractivity contribution in [1.82, 2.24) is 14.9 Å². The molecule has 0 saturated heterocycles. The van der Waals surface area contributed by atoms with Crippen LogP contribution in [0.25, 0.3) is 0 Å². The number of imidazole rings is 1. The molecule has 2 saturated carbocycles. The number of fused-ring (bicyclic) bond motifs is 1. The summed E-state index contributed by atoms with van der Waals surface area (Å²) in [5, 5.41) is 3.19. The van der Waals surface area contributed by atoms with E-state index in [0.717, 1.165) is 30.8 Å². The van der Waals surface area contributed by atoms with E-state index in [9.17, 15) is 13.2 Å². The summed E-state index contributed by atoms with van der Waals surface area (Å²) in [7, 11) is 0. The molecule has 4 rings (SSSR count). The maximum Gasteiger partial charge on any atom is 0.411 e. The second-order valence-corrected chi connectivity index (χ2v) is 5.93. The van der Waals surface area contributed by atoms with Crippen LogP contribution in [0.4, 0.5) is 13.2 Å². The van der Waals surface area contributed by atoms with E-state index in [4.69, 9.17) is 0 Å². The van der Waals surface area contributed by atoms with Crippen LogP contribution in [0.15, 0.2) is 0 Å². The minimum Gasteiger partial charge on any atom is -0.316 e. The first-order valence-corrected chi connectivity index (χ1v) is 6.91. The van der Waals surface area contributed by atoms with E-state index in [1.54, 1.807) is 4.57 Å². The molecule has 19 heavy (non-hydrogen) atoms. The zero-order valence-corrected chi connectivity index (χ0v) is 10.6. The normalized spacial score (nSPS) is 25.2. The van der Waals surface area contributed by atoms with Gasteiger partial charge in [-0.25, -0.2) is 4.98 Å². The average molecular weight is 271 g/mol. The third-order valence-corrected chi connectivity index (χ3v) is 4.53. The van der Waals surface area contributed by atoms with E-state index >= 15 is 0 Å². The van der Waals surface area contributed by atoms with Crippen LogP contribution in [0.5, 0.6) is 0 Å². The minimum atomic E-state index is -4.16. The molecule has 6 heteroatoms. The van der Waals surface area contributed by atoms with E-state index in [1.807, 2.05) is 0 Å². The van der Waals surface area contributed by atoms with Gasteiger partial charge in [-0.1, -0.05) is 0 Å². The van der Waals surface area contributed by atoms with Crippen molar-refractivity contribution in [3.05, 3.63) is 17.2 Å². The maximum absolute atomic E-state index is 13.4. The van der Waals surface area contributed by atoms with Gasteiger partial charge < -0.3 is 9.88 Å². The summed E-state index contributed by atoms with van der Waals surface area (Å²) >= 11 is 0. The first kappa shape index (κ1) is 11.8. The summed E-state index contributed by atoms with van der Waals surface area (Å²) in [4.78, 5) is 4.53. The van der Waals surface area contributed by atoms with Gasteiger partial charge in [0, 0.05) is 31.1 Å². The van der Waals surface area contributed by atoms with E-state index in [1.165, 1.54) is 0 Å². The predicted octanol–water partition coefficient (Wildman–Crippen LogP) is 2.46. The number of nitrogens with one attached hydrogen (secondary N) is 1. The Bertz CT molecular complexity index is 524. The number of rotatable bonds is 2. The molecule has 0 spiro atoms. The number of hydrogen-bond acceptors (Lipinski definition) is 2. The lowest BCUT2D eigenvalue weighted by Gasteiger charge is -2.26. The smallest absolute Gasteiger partial charge is 0.316 e. The lowest BCUT2D eigenvalue weighted by molar-refractivity contribution is -0.181.